The minimum absolute atomic E-state index is 0.199. The average Bonchev–Trinajstić information content (AvgIpc) is 3.00. The van der Waals surface area contributed by atoms with Gasteiger partial charge in [0.2, 0.25) is 0 Å². The number of nitrogens with two attached hydrogens (primary N) is 1. The Morgan fingerprint density at radius 1 is 1.41 bits per heavy atom. The smallest absolute Gasteiger partial charge is 0.168 e. The van der Waals surface area contributed by atoms with E-state index in [0.717, 1.165) is 18.7 Å². The molecule has 1 spiro atoms. The number of hydrogen-bond acceptors (Lipinski definition) is 4. The highest BCUT2D eigenvalue weighted by Gasteiger charge is 2.42. The first kappa shape index (κ1) is 11.0. The highest BCUT2D eigenvalue weighted by molar-refractivity contribution is 5.31. The molecule has 2 N–H and O–H groups in total. The molecule has 1 aliphatic heterocycles. The number of nitrogen functional groups attached to an aromatic ring is 1. The number of nitrogens with zero attached hydrogens (tertiary/aromatic N) is 3. The Morgan fingerprint density at radius 3 is 2.82 bits per heavy atom. The van der Waals surface area contributed by atoms with E-state index in [1.807, 2.05) is 11.6 Å². The lowest BCUT2D eigenvalue weighted by Crippen LogP contribution is -2.27. The summed E-state index contributed by atoms with van der Waals surface area (Å²) in [6.45, 7) is 2.74. The number of aromatic nitrogens is 3. The molecule has 0 bridgehead atoms. The first-order valence-corrected chi connectivity index (χ1v) is 6.52. The second-order valence-electron chi connectivity index (χ2n) is 5.41. The molecule has 1 aliphatic carbocycles. The minimum atomic E-state index is 0.199. The van der Waals surface area contributed by atoms with Gasteiger partial charge in [-0.3, -0.25) is 0 Å². The van der Waals surface area contributed by atoms with Crippen molar-refractivity contribution in [3.63, 3.8) is 0 Å². The SMILES string of the molecule is Cc1c(N)nnn1CC1CCC2(CCCC2)O1. The van der Waals surface area contributed by atoms with Crippen molar-refractivity contribution in [2.45, 2.75) is 63.7 Å². The maximum atomic E-state index is 6.25. The van der Waals surface area contributed by atoms with Gasteiger partial charge in [0.1, 0.15) is 0 Å². The molecule has 1 atom stereocenters. The van der Waals surface area contributed by atoms with Crippen molar-refractivity contribution in [2.75, 3.05) is 5.73 Å². The number of ether oxygens (including phenoxy) is 1. The Kier molecular flexibility index (Phi) is 2.58. The zero-order valence-corrected chi connectivity index (χ0v) is 10.4. The third kappa shape index (κ3) is 1.92. The van der Waals surface area contributed by atoms with E-state index in [1.165, 1.54) is 32.1 Å². The molecular formula is C12H20N4O. The molecule has 2 fully saturated rings. The van der Waals surface area contributed by atoms with E-state index in [2.05, 4.69) is 10.3 Å². The van der Waals surface area contributed by atoms with Crippen molar-refractivity contribution in [1.82, 2.24) is 15.0 Å². The summed E-state index contributed by atoms with van der Waals surface area (Å²) in [4.78, 5) is 0. The van der Waals surface area contributed by atoms with Crippen LogP contribution in [-0.2, 0) is 11.3 Å². The van der Waals surface area contributed by atoms with Gasteiger partial charge in [0.25, 0.3) is 0 Å². The maximum Gasteiger partial charge on any atom is 0.168 e. The summed E-state index contributed by atoms with van der Waals surface area (Å²) in [6, 6.07) is 0. The van der Waals surface area contributed by atoms with E-state index in [4.69, 9.17) is 10.5 Å². The third-order valence-corrected chi connectivity index (χ3v) is 4.25. The molecule has 94 valence electrons. The molecule has 2 heterocycles. The van der Waals surface area contributed by atoms with Crippen molar-refractivity contribution in [1.29, 1.82) is 0 Å². The van der Waals surface area contributed by atoms with Crippen LogP contribution < -0.4 is 5.73 Å². The van der Waals surface area contributed by atoms with E-state index >= 15 is 0 Å². The van der Waals surface area contributed by atoms with Crippen LogP contribution in [0.1, 0.15) is 44.2 Å². The lowest BCUT2D eigenvalue weighted by Gasteiger charge is -2.23. The van der Waals surface area contributed by atoms with Crippen molar-refractivity contribution in [3.8, 4) is 0 Å². The van der Waals surface area contributed by atoms with E-state index in [1.54, 1.807) is 0 Å². The predicted molar refractivity (Wildman–Crippen MR) is 64.5 cm³/mol. The molecule has 17 heavy (non-hydrogen) atoms. The topological polar surface area (TPSA) is 66.0 Å². The largest absolute Gasteiger partial charge is 0.381 e. The number of anilines is 1. The lowest BCUT2D eigenvalue weighted by molar-refractivity contribution is -0.0432. The van der Waals surface area contributed by atoms with Gasteiger partial charge in [0, 0.05) is 0 Å². The Bertz CT molecular complexity index is 409. The molecule has 1 saturated heterocycles. The van der Waals surface area contributed by atoms with E-state index in [-0.39, 0.29) is 11.7 Å². The lowest BCUT2D eigenvalue weighted by atomic mass is 9.98. The van der Waals surface area contributed by atoms with Gasteiger partial charge in [-0.1, -0.05) is 18.1 Å². The van der Waals surface area contributed by atoms with Gasteiger partial charge in [-0.15, -0.1) is 5.10 Å². The van der Waals surface area contributed by atoms with Gasteiger partial charge in [0.15, 0.2) is 5.82 Å². The van der Waals surface area contributed by atoms with Gasteiger partial charge in [-0.25, -0.2) is 4.68 Å². The van der Waals surface area contributed by atoms with Crippen LogP contribution in [0, 0.1) is 6.92 Å². The van der Waals surface area contributed by atoms with Crippen molar-refractivity contribution in [3.05, 3.63) is 5.69 Å². The zero-order chi connectivity index (χ0) is 11.9. The fourth-order valence-corrected chi connectivity index (χ4v) is 3.15. The summed E-state index contributed by atoms with van der Waals surface area (Å²) in [5.41, 5.74) is 6.84. The summed E-state index contributed by atoms with van der Waals surface area (Å²) in [5.74, 6) is 0.526. The molecule has 1 aromatic heterocycles. The quantitative estimate of drug-likeness (QED) is 0.848. The summed E-state index contributed by atoms with van der Waals surface area (Å²) in [5, 5.41) is 7.94. The first-order valence-electron chi connectivity index (χ1n) is 6.52. The molecule has 0 amide bonds. The molecule has 3 rings (SSSR count). The van der Waals surface area contributed by atoms with Crippen LogP contribution in [0.4, 0.5) is 5.82 Å². The highest BCUT2D eigenvalue weighted by atomic mass is 16.5. The van der Waals surface area contributed by atoms with Gasteiger partial charge in [0.05, 0.1) is 23.9 Å². The monoisotopic (exact) mass is 236 g/mol. The third-order valence-electron chi connectivity index (χ3n) is 4.25. The first-order chi connectivity index (χ1) is 8.19. The number of hydrogen-bond donors (Lipinski definition) is 1. The zero-order valence-electron chi connectivity index (χ0n) is 10.4. The summed E-state index contributed by atoms with van der Waals surface area (Å²) in [6.07, 6.45) is 7.75. The summed E-state index contributed by atoms with van der Waals surface area (Å²) < 4.78 is 8.12. The van der Waals surface area contributed by atoms with E-state index in [0.29, 0.717) is 5.82 Å². The van der Waals surface area contributed by atoms with Crippen LogP contribution >= 0.6 is 0 Å². The minimum Gasteiger partial charge on any atom is -0.381 e. The van der Waals surface area contributed by atoms with Crippen LogP contribution in [0.5, 0.6) is 0 Å². The molecule has 0 radical (unpaired) electrons. The highest BCUT2D eigenvalue weighted by Crippen LogP contribution is 2.43. The van der Waals surface area contributed by atoms with Gasteiger partial charge >= 0.3 is 0 Å². The second-order valence-corrected chi connectivity index (χ2v) is 5.41. The molecule has 5 nitrogen and oxygen atoms in total. The van der Waals surface area contributed by atoms with Crippen LogP contribution in [0.3, 0.4) is 0 Å². The maximum absolute atomic E-state index is 6.25. The van der Waals surface area contributed by atoms with Gasteiger partial charge in [-0.2, -0.15) is 0 Å². The van der Waals surface area contributed by atoms with Crippen LogP contribution in [0.15, 0.2) is 0 Å². The Labute approximate surface area is 101 Å². The predicted octanol–water partition coefficient (Wildman–Crippen LogP) is 1.66. The van der Waals surface area contributed by atoms with Gasteiger partial charge in [-0.05, 0) is 32.6 Å². The van der Waals surface area contributed by atoms with Crippen molar-refractivity contribution < 1.29 is 4.74 Å². The molecule has 1 aromatic rings. The Balaban J connectivity index is 1.66. The standard InChI is InChI=1S/C12H20N4O/c1-9-11(13)14-15-16(9)8-10-4-7-12(17-10)5-2-3-6-12/h10H,2-8,13H2,1H3. The van der Waals surface area contributed by atoms with Gasteiger partial charge < -0.3 is 10.5 Å². The molecule has 2 aliphatic rings. The van der Waals surface area contributed by atoms with E-state index in [9.17, 15) is 0 Å². The van der Waals surface area contributed by atoms with Crippen molar-refractivity contribution >= 4 is 5.82 Å². The average molecular weight is 236 g/mol. The summed E-state index contributed by atoms with van der Waals surface area (Å²) >= 11 is 0. The molecular weight excluding hydrogens is 216 g/mol. The Hall–Kier alpha value is -1.10. The van der Waals surface area contributed by atoms with Crippen LogP contribution in [0.25, 0.3) is 0 Å². The molecule has 1 saturated carbocycles. The fraction of sp³-hybridized carbons (Fsp3) is 0.833. The molecule has 0 aromatic carbocycles. The van der Waals surface area contributed by atoms with Crippen LogP contribution in [-0.4, -0.2) is 26.7 Å². The number of rotatable bonds is 2. The molecule has 5 heteroatoms. The fourth-order valence-electron chi connectivity index (χ4n) is 3.15. The molecule has 1 unspecified atom stereocenters. The van der Waals surface area contributed by atoms with Crippen LogP contribution in [0.2, 0.25) is 0 Å². The normalized spacial score (nSPS) is 27.0. The summed E-state index contributed by atoms with van der Waals surface area (Å²) in [7, 11) is 0. The van der Waals surface area contributed by atoms with E-state index < -0.39 is 0 Å². The second kappa shape index (κ2) is 3.98. The van der Waals surface area contributed by atoms with Crippen molar-refractivity contribution in [2.24, 2.45) is 0 Å². The Morgan fingerprint density at radius 2 is 2.18 bits per heavy atom.